The van der Waals surface area contributed by atoms with Gasteiger partial charge in [0.05, 0.1) is 0 Å². The number of hydrogen-bond donors (Lipinski definition) is 0. The zero-order valence-electron chi connectivity index (χ0n) is 15.0. The van der Waals surface area contributed by atoms with Crippen LogP contribution in [0, 0.1) is 0 Å². The van der Waals surface area contributed by atoms with Crippen molar-refractivity contribution in [1.29, 1.82) is 0 Å². The van der Waals surface area contributed by atoms with E-state index >= 15 is 0 Å². The first-order chi connectivity index (χ1) is 12.8. The van der Waals surface area contributed by atoms with Crippen LogP contribution in [0.1, 0.15) is 39.0 Å². The Balaban J connectivity index is 0.000000571. The minimum atomic E-state index is -7.43. The Morgan fingerprint density at radius 3 is 1.69 bits per heavy atom. The van der Waals surface area contributed by atoms with E-state index in [0.29, 0.717) is 16.7 Å². The molecule has 0 unspecified atom stereocenters. The zero-order chi connectivity index (χ0) is 23.3. The maximum atomic E-state index is 12.2. The Kier molecular flexibility index (Phi) is 9.83. The fourth-order valence-corrected chi connectivity index (χ4v) is 4.89. The van der Waals surface area contributed by atoms with Crippen molar-refractivity contribution in [3.05, 3.63) is 0 Å². The van der Waals surface area contributed by atoms with E-state index in [1.807, 2.05) is 0 Å². The summed E-state index contributed by atoms with van der Waals surface area (Å²) in [6.07, 6.45) is -1.21. The molecule has 0 aromatic heterocycles. The highest BCUT2D eigenvalue weighted by Crippen LogP contribution is 2.54. The summed E-state index contributed by atoms with van der Waals surface area (Å²) in [6, 6.07) is 0. The SMILES string of the molecule is CCCC(=O)C[S+]1CCCCC1.O=S(=O)([O-])C(F)(F)C(F)(F)C(F)(F)C(F)(F)F. The van der Waals surface area contributed by atoms with Gasteiger partial charge in [0, 0.05) is 6.42 Å². The predicted octanol–water partition coefficient (Wildman–Crippen LogP) is 4.12. The maximum Gasteiger partial charge on any atom is 0.460 e. The molecule has 4 nitrogen and oxygen atoms in total. The smallest absolute Gasteiger partial charge is 0.460 e. The van der Waals surface area contributed by atoms with Crippen molar-refractivity contribution in [2.75, 3.05) is 17.3 Å². The van der Waals surface area contributed by atoms with E-state index in [-0.39, 0.29) is 0 Å². The molecule has 0 saturated carbocycles. The van der Waals surface area contributed by atoms with Gasteiger partial charge in [-0.15, -0.1) is 0 Å². The van der Waals surface area contributed by atoms with Crippen molar-refractivity contribution in [3.63, 3.8) is 0 Å². The van der Waals surface area contributed by atoms with E-state index in [2.05, 4.69) is 6.92 Å². The van der Waals surface area contributed by atoms with Gasteiger partial charge in [-0.05, 0) is 36.6 Å². The fraction of sp³-hybridized carbons (Fsp3) is 0.929. The van der Waals surface area contributed by atoms with Gasteiger partial charge in [-0.1, -0.05) is 6.92 Å². The standard InChI is InChI=1S/C10H19OS.C4HF9O3S/c1-2-6-10(11)9-12-7-4-3-5-8-12;5-1(6,3(9,10)11)2(7,8)4(12,13)17(14,15)16/h2-9H2,1H3;(H,14,15,16)/q+1;/p-1. The molecule has 1 saturated heterocycles. The molecule has 0 aromatic rings. The average Bonchev–Trinajstić information content (AvgIpc) is 2.54. The first-order valence-corrected chi connectivity index (χ1v) is 11.3. The molecule has 0 aromatic carbocycles. The van der Waals surface area contributed by atoms with Crippen LogP contribution in [-0.2, 0) is 25.8 Å². The average molecular weight is 486 g/mol. The molecule has 0 bridgehead atoms. The quantitative estimate of drug-likeness (QED) is 0.308. The summed E-state index contributed by atoms with van der Waals surface area (Å²) < 4.78 is 135. The van der Waals surface area contributed by atoms with Crippen LogP contribution >= 0.6 is 0 Å². The molecule has 1 aliphatic heterocycles. The van der Waals surface area contributed by atoms with Crippen molar-refractivity contribution in [1.82, 2.24) is 0 Å². The third-order valence-electron chi connectivity index (χ3n) is 3.69. The van der Waals surface area contributed by atoms with E-state index < -0.39 is 33.4 Å². The van der Waals surface area contributed by atoms with Crippen molar-refractivity contribution in [3.8, 4) is 0 Å². The monoisotopic (exact) mass is 486 g/mol. The number of hydrogen-bond acceptors (Lipinski definition) is 4. The van der Waals surface area contributed by atoms with Gasteiger partial charge in [0.2, 0.25) is 0 Å². The van der Waals surface area contributed by atoms with E-state index in [0.717, 1.165) is 18.6 Å². The van der Waals surface area contributed by atoms with E-state index in [1.165, 1.54) is 30.8 Å². The van der Waals surface area contributed by atoms with Gasteiger partial charge in [-0.25, -0.2) is 8.42 Å². The molecule has 0 radical (unpaired) electrons. The second-order valence-electron chi connectivity index (χ2n) is 6.13. The number of halogens is 9. The lowest BCUT2D eigenvalue weighted by atomic mass is 10.1. The second-order valence-corrected chi connectivity index (χ2v) is 9.88. The third-order valence-corrected chi connectivity index (χ3v) is 7.04. The summed E-state index contributed by atoms with van der Waals surface area (Å²) in [7, 11) is -6.94. The molecule has 1 fully saturated rings. The summed E-state index contributed by atoms with van der Waals surface area (Å²) in [4.78, 5) is 11.3. The van der Waals surface area contributed by atoms with Crippen molar-refractivity contribution in [2.45, 2.75) is 62.3 Å². The van der Waals surface area contributed by atoms with Gasteiger partial charge >= 0.3 is 23.3 Å². The van der Waals surface area contributed by atoms with Crippen LogP contribution in [0.25, 0.3) is 0 Å². The molecule has 0 aliphatic carbocycles. The highest BCUT2D eigenvalue weighted by molar-refractivity contribution is 7.97. The molecule has 29 heavy (non-hydrogen) atoms. The van der Waals surface area contributed by atoms with Crippen LogP contribution < -0.4 is 0 Å². The topological polar surface area (TPSA) is 74.3 Å². The molecule has 15 heteroatoms. The van der Waals surface area contributed by atoms with Crippen LogP contribution in [0.2, 0.25) is 0 Å². The maximum absolute atomic E-state index is 12.2. The molecule has 1 rings (SSSR count). The number of Topliss-reactive ketones (excluding diaryl/α,β-unsaturated/α-hetero) is 1. The molecular weight excluding hydrogens is 467 g/mol. The lowest BCUT2D eigenvalue weighted by Crippen LogP contribution is -2.63. The Bertz CT molecular complexity index is 642. The Morgan fingerprint density at radius 1 is 0.897 bits per heavy atom. The first-order valence-electron chi connectivity index (χ1n) is 8.14. The molecule has 0 N–H and O–H groups in total. The van der Waals surface area contributed by atoms with Crippen molar-refractivity contribution >= 4 is 26.8 Å². The van der Waals surface area contributed by atoms with Crippen molar-refractivity contribution in [2.24, 2.45) is 0 Å². The summed E-state index contributed by atoms with van der Waals surface area (Å²) in [5.74, 6) is -10.8. The summed E-state index contributed by atoms with van der Waals surface area (Å²) >= 11 is 0. The van der Waals surface area contributed by atoms with Crippen LogP contribution in [0.3, 0.4) is 0 Å². The van der Waals surface area contributed by atoms with Crippen LogP contribution in [0.15, 0.2) is 0 Å². The van der Waals surface area contributed by atoms with E-state index in [4.69, 9.17) is 0 Å². The lowest BCUT2D eigenvalue weighted by Gasteiger charge is -2.34. The van der Waals surface area contributed by atoms with Gasteiger partial charge in [-0.2, -0.15) is 39.5 Å². The number of alkyl halides is 9. The van der Waals surface area contributed by atoms with Gasteiger partial charge in [-0.3, -0.25) is 4.79 Å². The molecule has 0 spiro atoms. The van der Waals surface area contributed by atoms with Crippen molar-refractivity contribution < 1.29 is 57.3 Å². The minimum Gasteiger partial charge on any atom is -0.743 e. The predicted molar refractivity (Wildman–Crippen MR) is 86.3 cm³/mol. The van der Waals surface area contributed by atoms with E-state index in [1.54, 1.807) is 0 Å². The van der Waals surface area contributed by atoms with Gasteiger partial charge in [0.25, 0.3) is 0 Å². The van der Waals surface area contributed by atoms with Crippen LogP contribution in [0.4, 0.5) is 39.5 Å². The number of rotatable bonds is 7. The van der Waals surface area contributed by atoms with Crippen LogP contribution in [-0.4, -0.2) is 59.3 Å². The highest BCUT2D eigenvalue weighted by atomic mass is 32.2. The van der Waals surface area contributed by atoms with Gasteiger partial charge in [0.15, 0.2) is 21.7 Å². The molecule has 1 aliphatic rings. The molecular formula is C14H19F9O4S2. The number of carbonyl (C=O) groups excluding carboxylic acids is 1. The normalized spacial score (nSPS) is 17.5. The minimum absolute atomic E-state index is 0.474. The Morgan fingerprint density at radius 2 is 1.34 bits per heavy atom. The third kappa shape index (κ3) is 6.91. The van der Waals surface area contributed by atoms with E-state index in [9.17, 15) is 57.3 Å². The van der Waals surface area contributed by atoms with Gasteiger partial charge in [0.1, 0.15) is 11.5 Å². The fourth-order valence-electron chi connectivity index (χ4n) is 2.13. The summed E-state index contributed by atoms with van der Waals surface area (Å²) in [6.45, 7) is 2.09. The summed E-state index contributed by atoms with van der Waals surface area (Å²) in [5, 5.41) is -7.11. The number of carbonyl (C=O) groups is 1. The van der Waals surface area contributed by atoms with Crippen LogP contribution in [0.5, 0.6) is 0 Å². The van der Waals surface area contributed by atoms with Gasteiger partial charge < -0.3 is 4.55 Å². The highest BCUT2D eigenvalue weighted by Gasteiger charge is 2.83. The second kappa shape index (κ2) is 10.1. The number of ketones is 1. The zero-order valence-corrected chi connectivity index (χ0v) is 16.6. The largest absolute Gasteiger partial charge is 0.743 e. The Hall–Kier alpha value is -0.700. The molecule has 174 valence electrons. The molecule has 1 heterocycles. The summed E-state index contributed by atoms with van der Waals surface area (Å²) in [5.41, 5.74) is 0. The Labute approximate surface area is 164 Å². The molecule has 0 amide bonds. The lowest BCUT2D eigenvalue weighted by molar-refractivity contribution is -0.382. The molecule has 0 atom stereocenters. The first kappa shape index (κ1) is 28.3.